The Kier molecular flexibility index (Phi) is 4.03. The van der Waals surface area contributed by atoms with E-state index < -0.39 is 5.91 Å². The summed E-state index contributed by atoms with van der Waals surface area (Å²) in [5.41, 5.74) is 2.09. The zero-order chi connectivity index (χ0) is 15.6. The van der Waals surface area contributed by atoms with E-state index in [1.807, 2.05) is 0 Å². The summed E-state index contributed by atoms with van der Waals surface area (Å²) in [5.74, 6) is 0.0901. The largest absolute Gasteiger partial charge is 0.508 e. The summed E-state index contributed by atoms with van der Waals surface area (Å²) >= 11 is 0. The highest BCUT2D eigenvalue weighted by molar-refractivity contribution is 6.06. The van der Waals surface area contributed by atoms with Gasteiger partial charge in [-0.15, -0.1) is 0 Å². The molecule has 3 N–H and O–H groups in total. The van der Waals surface area contributed by atoms with Gasteiger partial charge in [-0.2, -0.15) is 0 Å². The number of aryl methyl sites for hydroxylation is 2. The third kappa shape index (κ3) is 3.08. The standard InChI is InChI=1S/C16H17NO4/c1-9-7-15(19)10(2)6-13(9)17-16(20)12-8-11(21-3)4-5-14(12)18/h4-8,18-19H,1-3H3,(H,17,20). The van der Waals surface area contributed by atoms with Crippen LogP contribution in [-0.2, 0) is 0 Å². The molecule has 0 aliphatic rings. The number of carbonyl (C=O) groups excluding carboxylic acids is 1. The molecule has 0 fully saturated rings. The Balaban J connectivity index is 2.32. The minimum Gasteiger partial charge on any atom is -0.508 e. The number of hydrogen-bond acceptors (Lipinski definition) is 4. The SMILES string of the molecule is COc1ccc(O)c(C(=O)Nc2cc(C)c(O)cc2C)c1. The lowest BCUT2D eigenvalue weighted by molar-refractivity contribution is 0.102. The van der Waals surface area contributed by atoms with Crippen molar-refractivity contribution in [1.29, 1.82) is 0 Å². The summed E-state index contributed by atoms with van der Waals surface area (Å²) in [6, 6.07) is 7.70. The topological polar surface area (TPSA) is 78.8 Å². The summed E-state index contributed by atoms with van der Waals surface area (Å²) < 4.78 is 5.04. The van der Waals surface area contributed by atoms with Gasteiger partial charge in [0.1, 0.15) is 17.2 Å². The van der Waals surface area contributed by atoms with Crippen LogP contribution in [0, 0.1) is 13.8 Å². The van der Waals surface area contributed by atoms with Crippen molar-refractivity contribution < 1.29 is 19.7 Å². The summed E-state index contributed by atoms with van der Waals surface area (Å²) in [6.07, 6.45) is 0. The number of carbonyl (C=O) groups is 1. The van der Waals surface area contributed by atoms with Gasteiger partial charge in [0.15, 0.2) is 0 Å². The van der Waals surface area contributed by atoms with Gasteiger partial charge in [0.05, 0.1) is 12.7 Å². The Morgan fingerprint density at radius 2 is 1.76 bits per heavy atom. The first-order chi connectivity index (χ1) is 9.92. The van der Waals surface area contributed by atoms with Crippen LogP contribution in [0.3, 0.4) is 0 Å². The van der Waals surface area contributed by atoms with E-state index in [1.165, 1.54) is 19.2 Å². The van der Waals surface area contributed by atoms with E-state index in [0.717, 1.165) is 5.56 Å². The van der Waals surface area contributed by atoms with Crippen molar-refractivity contribution in [3.63, 3.8) is 0 Å². The highest BCUT2D eigenvalue weighted by atomic mass is 16.5. The van der Waals surface area contributed by atoms with Crippen molar-refractivity contribution >= 4 is 11.6 Å². The summed E-state index contributed by atoms with van der Waals surface area (Å²) in [6.45, 7) is 3.52. The van der Waals surface area contributed by atoms with Crippen LogP contribution in [0.25, 0.3) is 0 Å². The molecule has 0 aromatic heterocycles. The van der Waals surface area contributed by atoms with Gasteiger partial charge in [0.2, 0.25) is 0 Å². The molecule has 0 radical (unpaired) electrons. The first-order valence-electron chi connectivity index (χ1n) is 6.41. The number of phenolic OH excluding ortho intramolecular Hbond substituents is 2. The molecule has 2 aromatic carbocycles. The molecule has 1 amide bonds. The van der Waals surface area contributed by atoms with Crippen LogP contribution < -0.4 is 10.1 Å². The lowest BCUT2D eigenvalue weighted by Gasteiger charge is -2.12. The van der Waals surface area contributed by atoms with Crippen molar-refractivity contribution in [3.05, 3.63) is 47.0 Å². The smallest absolute Gasteiger partial charge is 0.259 e. The van der Waals surface area contributed by atoms with Crippen LogP contribution in [0.4, 0.5) is 5.69 Å². The van der Waals surface area contributed by atoms with Crippen LogP contribution in [0.2, 0.25) is 0 Å². The van der Waals surface area contributed by atoms with E-state index in [2.05, 4.69) is 5.32 Å². The van der Waals surface area contributed by atoms with Gasteiger partial charge in [-0.1, -0.05) is 0 Å². The summed E-state index contributed by atoms with van der Waals surface area (Å²) in [7, 11) is 1.49. The van der Waals surface area contributed by atoms with E-state index in [-0.39, 0.29) is 17.1 Å². The lowest BCUT2D eigenvalue weighted by atomic mass is 10.1. The molecule has 0 aliphatic heterocycles. The summed E-state index contributed by atoms with van der Waals surface area (Å²) in [4.78, 5) is 12.3. The number of phenols is 2. The van der Waals surface area contributed by atoms with Gasteiger partial charge < -0.3 is 20.3 Å². The van der Waals surface area contributed by atoms with Gasteiger partial charge >= 0.3 is 0 Å². The molecule has 2 rings (SSSR count). The number of hydrogen-bond donors (Lipinski definition) is 3. The number of rotatable bonds is 3. The Hall–Kier alpha value is -2.69. The number of amides is 1. The Morgan fingerprint density at radius 1 is 1.05 bits per heavy atom. The zero-order valence-corrected chi connectivity index (χ0v) is 12.1. The highest BCUT2D eigenvalue weighted by Crippen LogP contribution is 2.27. The molecule has 0 spiro atoms. The molecule has 0 saturated carbocycles. The molecule has 21 heavy (non-hydrogen) atoms. The first-order valence-corrected chi connectivity index (χ1v) is 6.41. The van der Waals surface area contributed by atoms with E-state index >= 15 is 0 Å². The van der Waals surface area contributed by atoms with Crippen molar-refractivity contribution in [2.24, 2.45) is 0 Å². The van der Waals surface area contributed by atoms with Crippen LogP contribution in [0.1, 0.15) is 21.5 Å². The van der Waals surface area contributed by atoms with Gasteiger partial charge in [0.25, 0.3) is 5.91 Å². The molecule has 110 valence electrons. The molecule has 0 atom stereocenters. The Labute approximate surface area is 122 Å². The average molecular weight is 287 g/mol. The normalized spacial score (nSPS) is 10.2. The molecular weight excluding hydrogens is 270 g/mol. The number of benzene rings is 2. The maximum absolute atomic E-state index is 12.3. The fourth-order valence-corrected chi connectivity index (χ4v) is 1.95. The second-order valence-electron chi connectivity index (χ2n) is 4.79. The zero-order valence-electron chi connectivity index (χ0n) is 12.1. The molecule has 0 saturated heterocycles. The second-order valence-corrected chi connectivity index (χ2v) is 4.79. The van der Waals surface area contributed by atoms with Crippen molar-refractivity contribution in [3.8, 4) is 17.2 Å². The number of anilines is 1. The number of nitrogens with one attached hydrogen (secondary N) is 1. The number of ether oxygens (including phenoxy) is 1. The fraction of sp³-hybridized carbons (Fsp3) is 0.188. The molecule has 0 unspecified atom stereocenters. The third-order valence-electron chi connectivity index (χ3n) is 3.24. The maximum Gasteiger partial charge on any atom is 0.259 e. The van der Waals surface area contributed by atoms with Gasteiger partial charge in [-0.25, -0.2) is 0 Å². The molecular formula is C16H17NO4. The predicted octanol–water partition coefficient (Wildman–Crippen LogP) is 2.98. The van der Waals surface area contributed by atoms with Crippen LogP contribution in [-0.4, -0.2) is 23.2 Å². The van der Waals surface area contributed by atoms with E-state index in [0.29, 0.717) is 17.0 Å². The molecule has 5 nitrogen and oxygen atoms in total. The van der Waals surface area contributed by atoms with Crippen molar-refractivity contribution in [2.75, 3.05) is 12.4 Å². The summed E-state index contributed by atoms with van der Waals surface area (Å²) in [5, 5.41) is 22.1. The average Bonchev–Trinajstić information content (AvgIpc) is 2.45. The van der Waals surface area contributed by atoms with Gasteiger partial charge in [0, 0.05) is 5.69 Å². The minimum atomic E-state index is -0.445. The molecule has 0 aliphatic carbocycles. The Morgan fingerprint density at radius 3 is 2.43 bits per heavy atom. The predicted molar refractivity (Wildman–Crippen MR) is 80.2 cm³/mol. The van der Waals surface area contributed by atoms with Crippen molar-refractivity contribution in [2.45, 2.75) is 13.8 Å². The molecule has 5 heteroatoms. The van der Waals surface area contributed by atoms with E-state index in [1.54, 1.807) is 32.0 Å². The van der Waals surface area contributed by atoms with Crippen molar-refractivity contribution in [1.82, 2.24) is 0 Å². The number of aromatic hydroxyl groups is 2. The van der Waals surface area contributed by atoms with E-state index in [4.69, 9.17) is 4.74 Å². The molecule has 0 bridgehead atoms. The maximum atomic E-state index is 12.3. The monoisotopic (exact) mass is 287 g/mol. The third-order valence-corrected chi connectivity index (χ3v) is 3.24. The Bertz CT molecular complexity index is 695. The second kappa shape index (κ2) is 5.75. The van der Waals surface area contributed by atoms with Crippen LogP contribution >= 0.6 is 0 Å². The fourth-order valence-electron chi connectivity index (χ4n) is 1.95. The lowest BCUT2D eigenvalue weighted by Crippen LogP contribution is -2.13. The van der Waals surface area contributed by atoms with Gasteiger partial charge in [-0.05, 0) is 55.3 Å². The van der Waals surface area contributed by atoms with E-state index in [9.17, 15) is 15.0 Å². The minimum absolute atomic E-state index is 0.124. The quantitative estimate of drug-likeness (QED) is 0.758. The van der Waals surface area contributed by atoms with Gasteiger partial charge in [-0.3, -0.25) is 4.79 Å². The molecule has 0 heterocycles. The van der Waals surface area contributed by atoms with Crippen LogP contribution in [0.15, 0.2) is 30.3 Å². The molecule has 2 aromatic rings. The highest BCUT2D eigenvalue weighted by Gasteiger charge is 2.14. The number of methoxy groups -OCH3 is 1. The van der Waals surface area contributed by atoms with Crippen LogP contribution in [0.5, 0.6) is 17.2 Å². The first kappa shape index (κ1) is 14.7.